The first-order chi connectivity index (χ1) is 7.02. The zero-order valence-corrected chi connectivity index (χ0v) is 9.93. The topological polar surface area (TPSA) is 64.3 Å². The van der Waals surface area contributed by atoms with E-state index in [1.165, 1.54) is 0 Å². The van der Waals surface area contributed by atoms with Gasteiger partial charge in [-0.2, -0.15) is 0 Å². The minimum atomic E-state index is -0.724. The van der Waals surface area contributed by atoms with E-state index in [2.05, 4.69) is 5.32 Å². The van der Waals surface area contributed by atoms with Crippen molar-refractivity contribution in [2.75, 3.05) is 13.7 Å². The molecule has 88 valence electrons. The molecule has 0 aliphatic heterocycles. The second kappa shape index (κ2) is 4.49. The van der Waals surface area contributed by atoms with Gasteiger partial charge in [-0.15, -0.1) is 0 Å². The maximum absolute atomic E-state index is 12.0. The number of hydrogen-bond donors (Lipinski definition) is 2. The van der Waals surface area contributed by atoms with E-state index in [1.807, 2.05) is 13.8 Å². The molecule has 4 nitrogen and oxygen atoms in total. The van der Waals surface area contributed by atoms with Gasteiger partial charge in [-0.1, -0.05) is 6.92 Å². The maximum Gasteiger partial charge on any atom is 0.252 e. The van der Waals surface area contributed by atoms with Crippen molar-refractivity contribution >= 4 is 5.91 Å². The lowest BCUT2D eigenvalue weighted by atomic mass is 9.76. The van der Waals surface area contributed by atoms with Gasteiger partial charge in [0.1, 0.15) is 5.60 Å². The van der Waals surface area contributed by atoms with Gasteiger partial charge in [0.05, 0.1) is 5.54 Å². The predicted octanol–water partition coefficient (Wildman–Crippen LogP) is 0.799. The standard InChI is InChI=1S/C11H22N2O2/c1-4-10(2,15-3)9(14)13-11(8-12)6-5-7-11/h4-8,12H2,1-3H3,(H,13,14). The fourth-order valence-electron chi connectivity index (χ4n) is 1.75. The molecule has 15 heavy (non-hydrogen) atoms. The Morgan fingerprint density at radius 2 is 2.20 bits per heavy atom. The van der Waals surface area contributed by atoms with Gasteiger partial charge in [0.25, 0.3) is 5.91 Å². The summed E-state index contributed by atoms with van der Waals surface area (Å²) in [6.07, 6.45) is 3.78. The van der Waals surface area contributed by atoms with Gasteiger partial charge in [-0.05, 0) is 32.6 Å². The van der Waals surface area contributed by atoms with Gasteiger partial charge in [0, 0.05) is 13.7 Å². The number of ether oxygens (including phenoxy) is 1. The smallest absolute Gasteiger partial charge is 0.252 e. The summed E-state index contributed by atoms with van der Waals surface area (Å²) < 4.78 is 5.25. The van der Waals surface area contributed by atoms with Crippen molar-refractivity contribution < 1.29 is 9.53 Å². The van der Waals surface area contributed by atoms with E-state index >= 15 is 0 Å². The Balaban J connectivity index is 2.61. The van der Waals surface area contributed by atoms with Crippen molar-refractivity contribution in [1.82, 2.24) is 5.32 Å². The molecule has 0 heterocycles. The van der Waals surface area contributed by atoms with E-state index in [-0.39, 0.29) is 11.4 Å². The van der Waals surface area contributed by atoms with Crippen molar-refractivity contribution in [2.45, 2.75) is 50.7 Å². The molecule has 3 N–H and O–H groups in total. The molecule has 1 amide bonds. The number of carbonyl (C=O) groups excluding carboxylic acids is 1. The SMILES string of the molecule is CCC(C)(OC)C(=O)NC1(CN)CCC1. The van der Waals surface area contributed by atoms with E-state index in [0.717, 1.165) is 19.3 Å². The maximum atomic E-state index is 12.0. The molecule has 1 unspecified atom stereocenters. The Labute approximate surface area is 91.5 Å². The van der Waals surface area contributed by atoms with Crippen LogP contribution in [0.25, 0.3) is 0 Å². The lowest BCUT2D eigenvalue weighted by Crippen LogP contribution is -2.62. The van der Waals surface area contributed by atoms with Gasteiger partial charge in [0.15, 0.2) is 0 Å². The quantitative estimate of drug-likeness (QED) is 0.711. The van der Waals surface area contributed by atoms with Crippen LogP contribution in [0.1, 0.15) is 39.5 Å². The highest BCUT2D eigenvalue weighted by atomic mass is 16.5. The van der Waals surface area contributed by atoms with E-state index in [1.54, 1.807) is 7.11 Å². The van der Waals surface area contributed by atoms with Gasteiger partial charge < -0.3 is 15.8 Å². The van der Waals surface area contributed by atoms with Crippen LogP contribution >= 0.6 is 0 Å². The highest BCUT2D eigenvalue weighted by Gasteiger charge is 2.41. The van der Waals surface area contributed by atoms with Crippen LogP contribution in [0.5, 0.6) is 0 Å². The van der Waals surface area contributed by atoms with Crippen LogP contribution in [0.3, 0.4) is 0 Å². The zero-order valence-electron chi connectivity index (χ0n) is 9.93. The second-order valence-corrected chi connectivity index (χ2v) is 4.58. The van der Waals surface area contributed by atoms with Crippen LogP contribution in [0.15, 0.2) is 0 Å². The van der Waals surface area contributed by atoms with Crippen molar-refractivity contribution in [3.05, 3.63) is 0 Å². The highest BCUT2D eigenvalue weighted by molar-refractivity contribution is 5.85. The van der Waals surface area contributed by atoms with Crippen LogP contribution in [0, 0.1) is 0 Å². The fraction of sp³-hybridized carbons (Fsp3) is 0.909. The summed E-state index contributed by atoms with van der Waals surface area (Å²) in [7, 11) is 1.57. The average Bonchev–Trinajstić information content (AvgIpc) is 2.21. The average molecular weight is 214 g/mol. The molecule has 4 heteroatoms. The van der Waals surface area contributed by atoms with Crippen LogP contribution in [0.2, 0.25) is 0 Å². The molecule has 0 aromatic heterocycles. The fourth-order valence-corrected chi connectivity index (χ4v) is 1.75. The molecule has 0 aromatic carbocycles. The minimum Gasteiger partial charge on any atom is -0.369 e. The predicted molar refractivity (Wildman–Crippen MR) is 59.5 cm³/mol. The van der Waals surface area contributed by atoms with Gasteiger partial charge in [-0.25, -0.2) is 0 Å². The second-order valence-electron chi connectivity index (χ2n) is 4.58. The van der Waals surface area contributed by atoms with Gasteiger partial charge >= 0.3 is 0 Å². The zero-order chi connectivity index (χ0) is 11.5. The summed E-state index contributed by atoms with van der Waals surface area (Å²) >= 11 is 0. The van der Waals surface area contributed by atoms with E-state index in [4.69, 9.17) is 10.5 Å². The first kappa shape index (κ1) is 12.5. The lowest BCUT2D eigenvalue weighted by Gasteiger charge is -2.43. The van der Waals surface area contributed by atoms with Crippen LogP contribution in [0.4, 0.5) is 0 Å². The van der Waals surface area contributed by atoms with Crippen molar-refractivity contribution in [3.63, 3.8) is 0 Å². The first-order valence-corrected chi connectivity index (χ1v) is 5.60. The molecule has 1 atom stereocenters. The minimum absolute atomic E-state index is 0.0438. The molecule has 0 radical (unpaired) electrons. The number of rotatable bonds is 5. The normalized spacial score (nSPS) is 22.7. The van der Waals surface area contributed by atoms with Gasteiger partial charge in [0.2, 0.25) is 0 Å². The van der Waals surface area contributed by atoms with E-state index < -0.39 is 5.60 Å². The molecular formula is C11H22N2O2. The number of amides is 1. The molecule has 1 aliphatic carbocycles. The molecule has 0 saturated heterocycles. The van der Waals surface area contributed by atoms with Crippen LogP contribution in [-0.2, 0) is 9.53 Å². The number of nitrogens with one attached hydrogen (secondary N) is 1. The van der Waals surface area contributed by atoms with E-state index in [9.17, 15) is 4.79 Å². The number of nitrogens with two attached hydrogens (primary N) is 1. The summed E-state index contributed by atoms with van der Waals surface area (Å²) in [6, 6.07) is 0. The number of hydrogen-bond acceptors (Lipinski definition) is 3. The molecule has 1 saturated carbocycles. The monoisotopic (exact) mass is 214 g/mol. The Kier molecular flexibility index (Phi) is 3.73. The van der Waals surface area contributed by atoms with Crippen molar-refractivity contribution in [1.29, 1.82) is 0 Å². The third kappa shape index (κ3) is 2.32. The molecule has 0 aromatic rings. The Bertz CT molecular complexity index is 227. The molecule has 1 aliphatic rings. The summed E-state index contributed by atoms with van der Waals surface area (Å²) in [6.45, 7) is 4.27. The van der Waals surface area contributed by atoms with Crippen molar-refractivity contribution in [2.24, 2.45) is 5.73 Å². The first-order valence-electron chi connectivity index (χ1n) is 5.60. The number of carbonyl (C=O) groups is 1. The summed E-state index contributed by atoms with van der Waals surface area (Å²) in [5, 5.41) is 3.03. The molecule has 1 rings (SSSR count). The van der Waals surface area contributed by atoms with Gasteiger partial charge in [-0.3, -0.25) is 4.79 Å². The molecule has 0 bridgehead atoms. The summed E-state index contributed by atoms with van der Waals surface area (Å²) in [4.78, 5) is 12.0. The van der Waals surface area contributed by atoms with Crippen molar-refractivity contribution in [3.8, 4) is 0 Å². The highest BCUT2D eigenvalue weighted by Crippen LogP contribution is 2.31. The summed E-state index contributed by atoms with van der Waals surface area (Å²) in [5.74, 6) is -0.0438. The third-order valence-electron chi connectivity index (χ3n) is 3.69. The largest absolute Gasteiger partial charge is 0.369 e. The number of methoxy groups -OCH3 is 1. The lowest BCUT2D eigenvalue weighted by molar-refractivity contribution is -0.145. The third-order valence-corrected chi connectivity index (χ3v) is 3.69. The van der Waals surface area contributed by atoms with Crippen LogP contribution < -0.4 is 11.1 Å². The van der Waals surface area contributed by atoms with E-state index in [0.29, 0.717) is 13.0 Å². The Morgan fingerprint density at radius 1 is 1.60 bits per heavy atom. The molecule has 0 spiro atoms. The summed E-state index contributed by atoms with van der Waals surface area (Å²) in [5.41, 5.74) is 4.80. The molecule has 1 fully saturated rings. The Morgan fingerprint density at radius 3 is 2.47 bits per heavy atom. The Hall–Kier alpha value is -0.610. The van der Waals surface area contributed by atoms with Crippen LogP contribution in [-0.4, -0.2) is 30.7 Å². The molecular weight excluding hydrogens is 192 g/mol.